The predicted octanol–water partition coefficient (Wildman–Crippen LogP) is 2.44. The summed E-state index contributed by atoms with van der Waals surface area (Å²) in [7, 11) is 0. The molecule has 0 saturated carbocycles. The molecule has 2 N–H and O–H groups in total. The van der Waals surface area contributed by atoms with Gasteiger partial charge >= 0.3 is 0 Å². The molecule has 0 spiro atoms. The number of hydrogen-bond acceptors (Lipinski definition) is 3. The maximum absolute atomic E-state index is 12.5. The molecule has 0 aliphatic carbocycles. The molecule has 1 heterocycles. The zero-order valence-electron chi connectivity index (χ0n) is 12.7. The second-order valence-electron chi connectivity index (χ2n) is 5.40. The van der Waals surface area contributed by atoms with E-state index in [4.69, 9.17) is 10.5 Å². The summed E-state index contributed by atoms with van der Waals surface area (Å²) < 4.78 is 5.60. The fourth-order valence-electron chi connectivity index (χ4n) is 2.52. The van der Waals surface area contributed by atoms with Crippen molar-refractivity contribution in [2.45, 2.75) is 38.8 Å². The SMILES string of the molecule is CCN(CC1CCCO1)C(=O)C(N)c1ccc(C)cc1.Cl. The normalized spacial score (nSPS) is 18.9. The van der Waals surface area contributed by atoms with Crippen LogP contribution >= 0.6 is 12.4 Å². The number of carbonyl (C=O) groups excluding carboxylic acids is 1. The molecular weight excluding hydrogens is 288 g/mol. The van der Waals surface area contributed by atoms with Crippen LogP contribution in [0.2, 0.25) is 0 Å². The van der Waals surface area contributed by atoms with Crippen molar-refractivity contribution >= 4 is 18.3 Å². The van der Waals surface area contributed by atoms with E-state index in [-0.39, 0.29) is 24.4 Å². The smallest absolute Gasteiger partial charge is 0.244 e. The van der Waals surface area contributed by atoms with Crippen molar-refractivity contribution in [2.75, 3.05) is 19.7 Å². The monoisotopic (exact) mass is 312 g/mol. The van der Waals surface area contributed by atoms with Gasteiger partial charge in [0.2, 0.25) is 5.91 Å². The molecule has 2 unspecified atom stereocenters. The first-order chi connectivity index (χ1) is 9.61. The molecular formula is C16H25ClN2O2. The molecule has 118 valence electrons. The van der Waals surface area contributed by atoms with E-state index in [1.54, 1.807) is 4.90 Å². The summed E-state index contributed by atoms with van der Waals surface area (Å²) in [5.41, 5.74) is 8.14. The van der Waals surface area contributed by atoms with Crippen LogP contribution in [0.1, 0.15) is 36.9 Å². The van der Waals surface area contributed by atoms with E-state index in [9.17, 15) is 4.79 Å². The third-order valence-corrected chi connectivity index (χ3v) is 3.84. The zero-order valence-corrected chi connectivity index (χ0v) is 13.6. The molecule has 2 atom stereocenters. The lowest BCUT2D eigenvalue weighted by molar-refractivity contribution is -0.134. The minimum Gasteiger partial charge on any atom is -0.376 e. The number of hydrogen-bond donors (Lipinski definition) is 1. The highest BCUT2D eigenvalue weighted by atomic mass is 35.5. The van der Waals surface area contributed by atoms with Gasteiger partial charge in [0.25, 0.3) is 0 Å². The lowest BCUT2D eigenvalue weighted by Crippen LogP contribution is -2.42. The Hall–Kier alpha value is -1.10. The van der Waals surface area contributed by atoms with Gasteiger partial charge in [0.1, 0.15) is 6.04 Å². The standard InChI is InChI=1S/C16H24N2O2.ClH/c1-3-18(11-14-5-4-10-20-14)16(19)15(17)13-8-6-12(2)7-9-13;/h6-9,14-15H,3-5,10-11,17H2,1-2H3;1H. The Morgan fingerprint density at radius 2 is 2.10 bits per heavy atom. The number of nitrogens with two attached hydrogens (primary N) is 1. The summed E-state index contributed by atoms with van der Waals surface area (Å²) in [6, 6.07) is 7.24. The third-order valence-electron chi connectivity index (χ3n) is 3.84. The summed E-state index contributed by atoms with van der Waals surface area (Å²) in [6.45, 7) is 6.12. The molecule has 1 aromatic carbocycles. The highest BCUT2D eigenvalue weighted by Crippen LogP contribution is 2.17. The third kappa shape index (κ3) is 4.70. The first-order valence-corrected chi connectivity index (χ1v) is 7.34. The number of amides is 1. The summed E-state index contributed by atoms with van der Waals surface area (Å²) in [6.07, 6.45) is 2.29. The Labute approximate surface area is 133 Å². The van der Waals surface area contributed by atoms with Crippen molar-refractivity contribution in [3.63, 3.8) is 0 Å². The molecule has 1 aliphatic rings. The number of nitrogens with zero attached hydrogens (tertiary/aromatic N) is 1. The molecule has 0 radical (unpaired) electrons. The second-order valence-corrected chi connectivity index (χ2v) is 5.40. The van der Waals surface area contributed by atoms with Crippen molar-refractivity contribution in [1.82, 2.24) is 4.90 Å². The van der Waals surface area contributed by atoms with E-state index in [1.165, 1.54) is 5.56 Å². The first-order valence-electron chi connectivity index (χ1n) is 7.34. The van der Waals surface area contributed by atoms with Crippen LogP contribution < -0.4 is 5.73 Å². The Kier molecular flexibility index (Phi) is 7.15. The first kappa shape index (κ1) is 18.0. The number of rotatable bonds is 5. The molecule has 5 heteroatoms. The van der Waals surface area contributed by atoms with Crippen LogP contribution in [0.5, 0.6) is 0 Å². The Balaban J connectivity index is 0.00000220. The topological polar surface area (TPSA) is 55.6 Å². The number of halogens is 1. The maximum Gasteiger partial charge on any atom is 0.244 e. The van der Waals surface area contributed by atoms with Gasteiger partial charge in [-0.1, -0.05) is 29.8 Å². The molecule has 0 bridgehead atoms. The van der Waals surface area contributed by atoms with Crippen LogP contribution in [-0.2, 0) is 9.53 Å². The number of likely N-dealkylation sites (N-methyl/N-ethyl adjacent to an activating group) is 1. The number of benzene rings is 1. The fourth-order valence-corrected chi connectivity index (χ4v) is 2.52. The summed E-state index contributed by atoms with van der Waals surface area (Å²) in [5, 5.41) is 0. The van der Waals surface area contributed by atoms with Crippen LogP contribution in [0.3, 0.4) is 0 Å². The van der Waals surface area contributed by atoms with Crippen molar-refractivity contribution < 1.29 is 9.53 Å². The number of ether oxygens (including phenoxy) is 1. The highest BCUT2D eigenvalue weighted by molar-refractivity contribution is 5.85. The molecule has 21 heavy (non-hydrogen) atoms. The van der Waals surface area contributed by atoms with E-state index in [0.717, 1.165) is 25.0 Å². The van der Waals surface area contributed by atoms with Crippen molar-refractivity contribution in [3.8, 4) is 0 Å². The second kappa shape index (κ2) is 8.37. The Bertz CT molecular complexity index is 444. The average Bonchev–Trinajstić information content (AvgIpc) is 2.97. The van der Waals surface area contributed by atoms with E-state index in [1.807, 2.05) is 38.1 Å². The summed E-state index contributed by atoms with van der Waals surface area (Å²) >= 11 is 0. The molecule has 4 nitrogen and oxygen atoms in total. The maximum atomic E-state index is 12.5. The zero-order chi connectivity index (χ0) is 14.5. The van der Waals surface area contributed by atoms with Gasteiger partial charge in [0, 0.05) is 19.7 Å². The van der Waals surface area contributed by atoms with Gasteiger partial charge in [0.05, 0.1) is 6.10 Å². The summed E-state index contributed by atoms with van der Waals surface area (Å²) in [5.74, 6) is -0.0214. The summed E-state index contributed by atoms with van der Waals surface area (Å²) in [4.78, 5) is 14.3. The number of aryl methyl sites for hydroxylation is 1. The van der Waals surface area contributed by atoms with Crippen molar-refractivity contribution in [2.24, 2.45) is 5.73 Å². The quantitative estimate of drug-likeness (QED) is 0.908. The average molecular weight is 313 g/mol. The molecule has 2 rings (SSSR count). The van der Waals surface area contributed by atoms with Crippen molar-refractivity contribution in [1.29, 1.82) is 0 Å². The van der Waals surface area contributed by atoms with Gasteiger partial charge in [-0.25, -0.2) is 0 Å². The molecule has 1 aromatic rings. The Morgan fingerprint density at radius 3 is 2.62 bits per heavy atom. The van der Waals surface area contributed by atoms with Gasteiger partial charge in [-0.3, -0.25) is 4.79 Å². The van der Waals surface area contributed by atoms with E-state index >= 15 is 0 Å². The van der Waals surface area contributed by atoms with Gasteiger partial charge in [-0.15, -0.1) is 12.4 Å². The van der Waals surface area contributed by atoms with Gasteiger partial charge < -0.3 is 15.4 Å². The number of carbonyl (C=O) groups is 1. The van der Waals surface area contributed by atoms with E-state index < -0.39 is 6.04 Å². The van der Waals surface area contributed by atoms with Crippen molar-refractivity contribution in [3.05, 3.63) is 35.4 Å². The molecule has 1 fully saturated rings. The van der Waals surface area contributed by atoms with E-state index in [2.05, 4.69) is 0 Å². The van der Waals surface area contributed by atoms with Crippen LogP contribution in [0.15, 0.2) is 24.3 Å². The molecule has 1 amide bonds. The van der Waals surface area contributed by atoms with Crippen LogP contribution in [0.25, 0.3) is 0 Å². The van der Waals surface area contributed by atoms with Gasteiger partial charge in [-0.2, -0.15) is 0 Å². The van der Waals surface area contributed by atoms with Crippen LogP contribution in [0, 0.1) is 6.92 Å². The molecule has 0 aromatic heterocycles. The van der Waals surface area contributed by atoms with Crippen LogP contribution in [0.4, 0.5) is 0 Å². The lowest BCUT2D eigenvalue weighted by Gasteiger charge is -2.27. The largest absolute Gasteiger partial charge is 0.376 e. The molecule has 1 aliphatic heterocycles. The minimum absolute atomic E-state index is 0. The van der Waals surface area contributed by atoms with E-state index in [0.29, 0.717) is 13.1 Å². The Morgan fingerprint density at radius 1 is 1.43 bits per heavy atom. The molecule has 1 saturated heterocycles. The van der Waals surface area contributed by atoms with Gasteiger partial charge in [-0.05, 0) is 32.3 Å². The highest BCUT2D eigenvalue weighted by Gasteiger charge is 2.25. The van der Waals surface area contributed by atoms with Gasteiger partial charge in [0.15, 0.2) is 0 Å². The van der Waals surface area contributed by atoms with Crippen LogP contribution in [-0.4, -0.2) is 36.6 Å². The minimum atomic E-state index is -0.586. The lowest BCUT2D eigenvalue weighted by atomic mass is 10.0. The predicted molar refractivity (Wildman–Crippen MR) is 86.6 cm³/mol. The fraction of sp³-hybridized carbons (Fsp3) is 0.562.